The second-order valence-electron chi connectivity index (χ2n) is 7.08. The molecule has 4 rings (SSSR count). The molecule has 0 aromatic heterocycles. The Kier molecular flexibility index (Phi) is 4.79. The Bertz CT molecular complexity index is 1220. The molecule has 7 nitrogen and oxygen atoms in total. The number of carbonyl (C=O) groups is 5. The van der Waals surface area contributed by atoms with E-state index in [1.165, 1.54) is 30.4 Å². The van der Waals surface area contributed by atoms with Crippen LogP contribution in [0.5, 0.6) is 0 Å². The van der Waals surface area contributed by atoms with E-state index in [4.69, 9.17) is 0 Å². The van der Waals surface area contributed by atoms with Crippen molar-refractivity contribution in [3.8, 4) is 11.1 Å². The first-order chi connectivity index (χ1) is 14.8. The highest BCUT2D eigenvalue weighted by Crippen LogP contribution is 2.32. The average molecular weight is 412 g/mol. The van der Waals surface area contributed by atoms with E-state index in [0.717, 1.165) is 9.80 Å². The summed E-state index contributed by atoms with van der Waals surface area (Å²) in [6, 6.07) is 11.3. The highest BCUT2D eigenvalue weighted by Gasteiger charge is 2.27. The molecule has 31 heavy (non-hydrogen) atoms. The molecule has 2 heterocycles. The maximum atomic E-state index is 12.8. The summed E-state index contributed by atoms with van der Waals surface area (Å²) < 4.78 is 0. The first-order valence-electron chi connectivity index (χ1n) is 9.35. The minimum atomic E-state index is -0.482. The molecule has 0 unspecified atom stereocenters. The molecule has 0 saturated carbocycles. The number of carbonyl (C=O) groups excluding carboxylic acids is 5. The number of hydrogen-bond acceptors (Lipinski definition) is 5. The second-order valence-corrected chi connectivity index (χ2v) is 7.08. The van der Waals surface area contributed by atoms with Crippen molar-refractivity contribution in [3.05, 3.63) is 84.5 Å². The topological polar surface area (TPSA) is 91.8 Å². The van der Waals surface area contributed by atoms with E-state index in [1.54, 1.807) is 43.3 Å². The van der Waals surface area contributed by atoms with Gasteiger partial charge in [-0.1, -0.05) is 24.8 Å². The van der Waals surface area contributed by atoms with Crippen molar-refractivity contribution < 1.29 is 24.0 Å². The first kappa shape index (κ1) is 19.9. The number of allylic oxidation sites excluding steroid dienone is 1. The molecule has 0 spiro atoms. The molecule has 2 aliphatic rings. The predicted molar refractivity (Wildman–Crippen MR) is 114 cm³/mol. The molecule has 0 N–H and O–H groups in total. The summed E-state index contributed by atoms with van der Waals surface area (Å²) in [5, 5.41) is 0. The monoisotopic (exact) mass is 412 g/mol. The molecule has 0 bridgehead atoms. The van der Waals surface area contributed by atoms with Crippen molar-refractivity contribution in [1.29, 1.82) is 0 Å². The third-order valence-corrected chi connectivity index (χ3v) is 4.95. The van der Waals surface area contributed by atoms with Crippen LogP contribution in [0, 0.1) is 0 Å². The standard InChI is InChI=1S/C24H16N2O5/c1-14(2)24(31)19-13-17(26-22(29)11-12-23(26)30)7-8-18(19)15-3-5-16(6-4-15)25-20(27)9-10-21(25)28/h3-13H,1H2,2H3. The zero-order valence-electron chi connectivity index (χ0n) is 16.5. The fourth-order valence-corrected chi connectivity index (χ4v) is 3.44. The van der Waals surface area contributed by atoms with Crippen LogP contribution in [0.4, 0.5) is 11.4 Å². The molecule has 0 saturated heterocycles. The summed E-state index contributed by atoms with van der Waals surface area (Å²) in [5.74, 6) is -2.14. The minimum absolute atomic E-state index is 0.278. The number of nitrogens with zero attached hydrogens (tertiary/aromatic N) is 2. The van der Waals surface area contributed by atoms with Gasteiger partial charge in [-0.25, -0.2) is 9.80 Å². The number of amides is 4. The van der Waals surface area contributed by atoms with Crippen LogP contribution in [-0.4, -0.2) is 29.4 Å². The van der Waals surface area contributed by atoms with Crippen molar-refractivity contribution in [2.45, 2.75) is 6.92 Å². The van der Waals surface area contributed by atoms with Crippen LogP contribution in [-0.2, 0) is 19.2 Å². The van der Waals surface area contributed by atoms with Crippen molar-refractivity contribution in [2.24, 2.45) is 0 Å². The molecule has 0 aliphatic carbocycles. The van der Waals surface area contributed by atoms with E-state index < -0.39 is 23.6 Å². The van der Waals surface area contributed by atoms with E-state index in [2.05, 4.69) is 6.58 Å². The van der Waals surface area contributed by atoms with Crippen LogP contribution in [0.25, 0.3) is 11.1 Å². The summed E-state index contributed by atoms with van der Waals surface area (Å²) in [7, 11) is 0. The van der Waals surface area contributed by atoms with Crippen molar-refractivity contribution in [2.75, 3.05) is 9.80 Å². The smallest absolute Gasteiger partial charge is 0.258 e. The van der Waals surface area contributed by atoms with Gasteiger partial charge in [0.15, 0.2) is 5.78 Å². The van der Waals surface area contributed by atoms with Gasteiger partial charge in [-0.15, -0.1) is 0 Å². The quantitative estimate of drug-likeness (QED) is 0.428. The molecule has 0 fully saturated rings. The Morgan fingerprint density at radius 1 is 0.710 bits per heavy atom. The molecule has 0 atom stereocenters. The number of benzene rings is 2. The lowest BCUT2D eigenvalue weighted by atomic mass is 9.93. The molecule has 4 amide bonds. The predicted octanol–water partition coefficient (Wildman–Crippen LogP) is 2.97. The van der Waals surface area contributed by atoms with Gasteiger partial charge in [0.05, 0.1) is 11.4 Å². The molecule has 152 valence electrons. The average Bonchev–Trinajstić information content (AvgIpc) is 3.27. The number of hydrogen-bond donors (Lipinski definition) is 0. The van der Waals surface area contributed by atoms with Crippen molar-refractivity contribution >= 4 is 40.8 Å². The van der Waals surface area contributed by atoms with Crippen LogP contribution < -0.4 is 9.80 Å². The molecule has 2 aliphatic heterocycles. The number of Topliss-reactive ketones (excluding diaryl/α,β-unsaturated/α-hetero) is 1. The van der Waals surface area contributed by atoms with Gasteiger partial charge in [-0.2, -0.15) is 0 Å². The Hall–Kier alpha value is -4.39. The third kappa shape index (κ3) is 3.42. The molecule has 2 aromatic carbocycles. The highest BCUT2D eigenvalue weighted by atomic mass is 16.2. The summed E-state index contributed by atoms with van der Waals surface area (Å²) in [6.07, 6.45) is 4.75. The summed E-state index contributed by atoms with van der Waals surface area (Å²) >= 11 is 0. The van der Waals surface area contributed by atoms with Gasteiger partial charge in [-0.05, 0) is 47.9 Å². The van der Waals surface area contributed by atoms with Gasteiger partial charge in [0, 0.05) is 29.9 Å². The van der Waals surface area contributed by atoms with Crippen molar-refractivity contribution in [3.63, 3.8) is 0 Å². The van der Waals surface area contributed by atoms with E-state index in [0.29, 0.717) is 22.4 Å². The number of imide groups is 2. The summed E-state index contributed by atoms with van der Waals surface area (Å²) in [6.45, 7) is 5.29. The van der Waals surface area contributed by atoms with Crippen molar-refractivity contribution in [1.82, 2.24) is 0 Å². The van der Waals surface area contributed by atoms with E-state index in [9.17, 15) is 24.0 Å². The van der Waals surface area contributed by atoms with Gasteiger partial charge in [0.2, 0.25) is 0 Å². The number of anilines is 2. The van der Waals surface area contributed by atoms with Crippen LogP contribution in [0.2, 0.25) is 0 Å². The number of ketones is 1. The first-order valence-corrected chi connectivity index (χ1v) is 9.35. The maximum absolute atomic E-state index is 12.8. The lowest BCUT2D eigenvalue weighted by molar-refractivity contribution is -0.121. The van der Waals surface area contributed by atoms with Gasteiger partial charge in [0.25, 0.3) is 23.6 Å². The Labute approximate surface area is 177 Å². The van der Waals surface area contributed by atoms with Gasteiger partial charge in [-0.3, -0.25) is 24.0 Å². The van der Waals surface area contributed by atoms with E-state index in [1.807, 2.05) is 0 Å². The lowest BCUT2D eigenvalue weighted by Gasteiger charge is -2.18. The van der Waals surface area contributed by atoms with Gasteiger partial charge >= 0.3 is 0 Å². The SMILES string of the molecule is C=C(C)C(=O)c1cc(N2C(=O)C=CC2=O)ccc1-c1ccc(N2C(=O)C=CC2=O)cc1. The highest BCUT2D eigenvalue weighted by molar-refractivity contribution is 6.29. The van der Waals surface area contributed by atoms with E-state index >= 15 is 0 Å². The molecular weight excluding hydrogens is 396 g/mol. The van der Waals surface area contributed by atoms with Crippen LogP contribution in [0.3, 0.4) is 0 Å². The lowest BCUT2D eigenvalue weighted by Crippen LogP contribution is -2.29. The zero-order chi connectivity index (χ0) is 22.3. The summed E-state index contributed by atoms with van der Waals surface area (Å²) in [5.41, 5.74) is 2.49. The molecule has 7 heteroatoms. The minimum Gasteiger partial charge on any atom is -0.289 e. The summed E-state index contributed by atoms with van der Waals surface area (Å²) in [4.78, 5) is 62.6. The zero-order valence-corrected chi connectivity index (χ0v) is 16.5. The fraction of sp³-hybridized carbons (Fsp3) is 0.0417. The largest absolute Gasteiger partial charge is 0.289 e. The van der Waals surface area contributed by atoms with Crippen LogP contribution >= 0.6 is 0 Å². The Morgan fingerprint density at radius 3 is 1.65 bits per heavy atom. The van der Waals surface area contributed by atoms with Gasteiger partial charge < -0.3 is 0 Å². The molecular formula is C24H16N2O5. The fourth-order valence-electron chi connectivity index (χ4n) is 3.44. The van der Waals surface area contributed by atoms with Gasteiger partial charge in [0.1, 0.15) is 0 Å². The molecule has 0 radical (unpaired) electrons. The normalized spacial score (nSPS) is 15.4. The van der Waals surface area contributed by atoms with Crippen LogP contribution in [0.15, 0.2) is 78.9 Å². The van der Waals surface area contributed by atoms with E-state index in [-0.39, 0.29) is 17.0 Å². The molecule has 2 aromatic rings. The third-order valence-electron chi connectivity index (χ3n) is 4.95. The Balaban J connectivity index is 1.75. The van der Waals surface area contributed by atoms with Crippen LogP contribution in [0.1, 0.15) is 17.3 Å². The second kappa shape index (κ2) is 7.46. The Morgan fingerprint density at radius 2 is 1.16 bits per heavy atom. The maximum Gasteiger partial charge on any atom is 0.258 e. The number of rotatable bonds is 5.